The zero-order valence-corrected chi connectivity index (χ0v) is 47.4. The fraction of sp³-hybridized carbons (Fsp3) is 0. The average molecular weight is 1310 g/mol. The van der Waals surface area contributed by atoms with Gasteiger partial charge in [0, 0.05) is 53.0 Å². The highest BCUT2D eigenvalue weighted by Gasteiger charge is 2.19. The maximum atomic E-state index is 2.45. The van der Waals surface area contributed by atoms with Gasteiger partial charge in [0.15, 0.2) is 0 Å². The third-order valence-electron chi connectivity index (χ3n) is 15.2. The number of aromatic nitrogens is 3. The summed E-state index contributed by atoms with van der Waals surface area (Å²) in [5, 5.41) is 7.53. The van der Waals surface area contributed by atoms with Crippen molar-refractivity contribution in [1.29, 1.82) is 0 Å². The molecule has 0 spiro atoms. The van der Waals surface area contributed by atoms with E-state index in [1.54, 1.807) is 0 Å². The summed E-state index contributed by atoms with van der Waals surface area (Å²) >= 11 is 2.30. The van der Waals surface area contributed by atoms with Crippen LogP contribution in [0.3, 0.4) is 0 Å². The van der Waals surface area contributed by atoms with Crippen molar-refractivity contribution in [3.8, 4) is 61.3 Å². The van der Waals surface area contributed by atoms with Crippen LogP contribution in [0, 0.1) is 3.57 Å². The number of hydrogen-bond donors (Lipinski definition) is 0. The standard InChI is InChI=1S/C70H44I3N3/c71-55-21-23-56(24-22-55)76-65-15-5-4-14-59(65)60-25-16-54(44-70(60)76)53-20-29-69-64(43-53)63-42-52(19-28-68(63)75(69)58-32-36-73-37-33-58)49-13-7-11-47(39-49)46-10-6-12-48(38-46)51-18-27-67-62(41-51)61-40-50(45-8-2-1-3-9-45)17-26-66(61)74(67)57-30-34-72-35-31-57/h1-44H. The number of allylic oxidation sites excluding steroid dienone is 6. The van der Waals surface area contributed by atoms with Gasteiger partial charge in [0.1, 0.15) is 0 Å². The maximum absolute atomic E-state index is 2.45. The number of halogens is 3. The number of rotatable bonds is 8. The molecule has 0 atom stereocenters. The minimum absolute atomic E-state index is 0.0288. The molecule has 0 amide bonds. The molecule has 15 rings (SSSR count). The van der Waals surface area contributed by atoms with E-state index in [4.69, 9.17) is 0 Å². The lowest BCUT2D eigenvalue weighted by Crippen LogP contribution is -1.96. The average Bonchev–Trinajstić information content (AvgIpc) is 4.18. The van der Waals surface area contributed by atoms with Gasteiger partial charge in [-0.3, -0.25) is 0 Å². The Labute approximate surface area is 473 Å². The molecule has 5 heterocycles. The summed E-state index contributed by atoms with van der Waals surface area (Å²) in [6.45, 7) is 0. The number of para-hydroxylation sites is 1. The van der Waals surface area contributed by atoms with E-state index in [0.717, 1.165) is 0 Å². The van der Waals surface area contributed by atoms with Crippen LogP contribution in [0.2, 0.25) is 0 Å². The van der Waals surface area contributed by atoms with E-state index in [9.17, 15) is 0 Å². The molecule has 0 saturated carbocycles. The van der Waals surface area contributed by atoms with Gasteiger partial charge in [-0.1, -0.05) is 163 Å². The molecule has 0 fully saturated rings. The lowest BCUT2D eigenvalue weighted by molar-refractivity contribution is 1.18. The van der Waals surface area contributed by atoms with Gasteiger partial charge in [-0.05, 0) is 216 Å². The van der Waals surface area contributed by atoms with E-state index in [-0.39, 0.29) is 41.5 Å². The molecule has 0 unspecified atom stereocenters. The summed E-state index contributed by atoms with van der Waals surface area (Å²) in [5.74, 6) is 0. The number of nitrogens with zero attached hydrogens (tertiary/aromatic N) is 3. The predicted octanol–water partition coefficient (Wildman–Crippen LogP) is 20.2. The number of hydrogen-bond acceptors (Lipinski definition) is 0. The second-order valence-electron chi connectivity index (χ2n) is 19.5. The van der Waals surface area contributed by atoms with Crippen LogP contribution in [-0.2, 0) is 0 Å². The lowest BCUT2D eigenvalue weighted by atomic mass is 9.95. The van der Waals surface area contributed by atoms with E-state index < -0.39 is 0 Å². The van der Waals surface area contributed by atoms with Crippen LogP contribution < -0.4 is 0 Å². The summed E-state index contributed by atoms with van der Waals surface area (Å²) in [4.78, 5) is 0. The van der Waals surface area contributed by atoms with Gasteiger partial charge in [-0.15, -0.1) is 0 Å². The van der Waals surface area contributed by atoms with Crippen LogP contribution in [0.4, 0.5) is 0 Å². The van der Waals surface area contributed by atoms with Crippen molar-refractivity contribution in [1.82, 2.24) is 13.7 Å². The predicted molar refractivity (Wildman–Crippen MR) is 354 cm³/mol. The van der Waals surface area contributed by atoms with E-state index in [1.165, 1.54) is 142 Å². The van der Waals surface area contributed by atoms with E-state index >= 15 is 0 Å². The SMILES string of the molecule is Ic1ccc(-n2c3ccccc3c3ccc(-c4ccc5c(c4)c4cc(-c6cccc(-c7cccc(-c8ccc9c(c8)c8cc(-c%10ccccc%10)ccc8n9C8=CC=IC=C8)c7)c6)ccc4n5C4=CC=IC=C4)cc32)cc1. The number of fused-ring (bicyclic) bond motifs is 9. The minimum Gasteiger partial charge on any atom is -0.309 e. The Morgan fingerprint density at radius 3 is 1.16 bits per heavy atom. The van der Waals surface area contributed by atoms with Crippen LogP contribution in [-0.4, -0.2) is 21.7 Å². The fourth-order valence-electron chi connectivity index (χ4n) is 11.6. The van der Waals surface area contributed by atoms with Gasteiger partial charge < -0.3 is 13.7 Å². The molecular formula is C70H44I3N3. The summed E-state index contributed by atoms with van der Waals surface area (Å²) in [6, 6.07) is 81.6. The van der Waals surface area contributed by atoms with Crippen molar-refractivity contribution >= 4 is 149 Å². The second-order valence-corrected chi connectivity index (χ2v) is 25.0. The molecular weight excluding hydrogens is 1260 g/mol. The molecule has 76 heavy (non-hydrogen) atoms. The van der Waals surface area contributed by atoms with Gasteiger partial charge in [0.05, 0.1) is 33.1 Å². The smallest absolute Gasteiger partial charge is 0.0547 e. The monoisotopic (exact) mass is 1310 g/mol. The Morgan fingerprint density at radius 1 is 0.276 bits per heavy atom. The molecule has 0 N–H and O–H groups in total. The number of benzene rings is 10. The van der Waals surface area contributed by atoms with Crippen molar-refractivity contribution in [3.63, 3.8) is 0 Å². The molecule has 0 saturated heterocycles. The van der Waals surface area contributed by atoms with Crippen LogP contribution in [0.15, 0.2) is 251 Å². The van der Waals surface area contributed by atoms with Gasteiger partial charge in [-0.25, -0.2) is 0 Å². The molecule has 10 aromatic carbocycles. The molecule has 13 aromatic rings. The minimum atomic E-state index is -0.0612. The third kappa shape index (κ3) is 7.86. The zero-order valence-electron chi connectivity index (χ0n) is 40.9. The van der Waals surface area contributed by atoms with E-state index in [0.29, 0.717) is 0 Å². The lowest BCUT2D eigenvalue weighted by Gasteiger charge is -2.11. The highest BCUT2D eigenvalue weighted by molar-refractivity contribution is 14.2. The fourth-order valence-corrected chi connectivity index (χ4v) is 14.8. The molecule has 0 radical (unpaired) electrons. The Bertz CT molecular complexity index is 4750. The molecule has 0 bridgehead atoms. The van der Waals surface area contributed by atoms with Gasteiger partial charge in [-0.2, -0.15) is 0 Å². The molecule has 2 aliphatic heterocycles. The first-order valence-electron chi connectivity index (χ1n) is 25.5. The topological polar surface area (TPSA) is 14.8 Å². The van der Waals surface area contributed by atoms with Crippen molar-refractivity contribution < 1.29 is 0 Å². The van der Waals surface area contributed by atoms with Crippen molar-refractivity contribution in [2.75, 3.05) is 0 Å². The quantitative estimate of drug-likeness (QED) is 0.135. The van der Waals surface area contributed by atoms with Gasteiger partial charge >= 0.3 is 0 Å². The van der Waals surface area contributed by atoms with Crippen LogP contribution in [0.5, 0.6) is 0 Å². The van der Waals surface area contributed by atoms with Crippen LogP contribution >= 0.6 is 64.1 Å². The molecule has 2 aliphatic rings. The summed E-state index contributed by atoms with van der Waals surface area (Å²) < 4.78 is 18.0. The maximum Gasteiger partial charge on any atom is 0.0547 e. The third-order valence-corrected chi connectivity index (χ3v) is 19.0. The highest BCUT2D eigenvalue weighted by Crippen LogP contribution is 2.42. The molecule has 3 nitrogen and oxygen atoms in total. The summed E-state index contributed by atoms with van der Waals surface area (Å²) in [7, 11) is 0. The van der Waals surface area contributed by atoms with E-state index in [2.05, 4.69) is 295 Å². The summed E-state index contributed by atoms with van der Waals surface area (Å²) in [5.41, 5.74) is 22.9. The Kier molecular flexibility index (Phi) is 11.4. The van der Waals surface area contributed by atoms with Crippen molar-refractivity contribution in [2.24, 2.45) is 0 Å². The van der Waals surface area contributed by atoms with E-state index in [1.807, 2.05) is 0 Å². The van der Waals surface area contributed by atoms with Crippen LogP contribution in [0.1, 0.15) is 0 Å². The summed E-state index contributed by atoms with van der Waals surface area (Å²) in [6.07, 6.45) is 9.23. The molecule has 6 heteroatoms. The zero-order chi connectivity index (χ0) is 50.3. The van der Waals surface area contributed by atoms with Crippen LogP contribution in [0.25, 0.3) is 138 Å². The first-order valence-corrected chi connectivity index (χ1v) is 31.5. The molecule has 0 aliphatic carbocycles. The molecule has 3 aromatic heterocycles. The molecule has 360 valence electrons. The van der Waals surface area contributed by atoms with Crippen molar-refractivity contribution in [3.05, 3.63) is 254 Å². The largest absolute Gasteiger partial charge is 0.309 e. The van der Waals surface area contributed by atoms with Gasteiger partial charge in [0.2, 0.25) is 0 Å². The Morgan fingerprint density at radius 2 is 0.671 bits per heavy atom. The van der Waals surface area contributed by atoms with Crippen molar-refractivity contribution in [2.45, 2.75) is 0 Å². The van der Waals surface area contributed by atoms with Gasteiger partial charge in [0.25, 0.3) is 0 Å². The first-order chi connectivity index (χ1) is 37.6. The normalized spacial score (nSPS) is 13.5. The Balaban J connectivity index is 0.824. The first kappa shape index (κ1) is 45.8. The highest BCUT2D eigenvalue weighted by atomic mass is 127. The second kappa shape index (κ2) is 18.9. The Hall–Kier alpha value is -7.51.